The first kappa shape index (κ1) is 15.4. The molecule has 3 fully saturated rings. The third-order valence-corrected chi connectivity index (χ3v) is 5.25. The van der Waals surface area contributed by atoms with Crippen LogP contribution in [-0.4, -0.2) is 43.6 Å². The van der Waals surface area contributed by atoms with Crippen LogP contribution in [0, 0.1) is 5.92 Å². The molecule has 118 valence electrons. The van der Waals surface area contributed by atoms with Gasteiger partial charge in [0, 0.05) is 23.6 Å². The van der Waals surface area contributed by atoms with E-state index >= 15 is 0 Å². The zero-order valence-corrected chi connectivity index (χ0v) is 13.6. The number of thioether (sulfide) groups is 1. The van der Waals surface area contributed by atoms with Gasteiger partial charge in [0.15, 0.2) is 0 Å². The Morgan fingerprint density at radius 2 is 2.23 bits per heavy atom. The van der Waals surface area contributed by atoms with Crippen molar-refractivity contribution >= 4 is 17.7 Å². The van der Waals surface area contributed by atoms with Crippen molar-refractivity contribution in [3.05, 3.63) is 35.7 Å². The highest BCUT2D eigenvalue weighted by Gasteiger charge is 2.34. The molecule has 1 aromatic rings. The lowest BCUT2D eigenvalue weighted by Gasteiger charge is -2.44. The average molecular weight is 318 g/mol. The number of rotatable bonds is 5. The number of hydrogen-bond donors (Lipinski definition) is 1. The molecule has 3 aliphatic rings. The van der Waals surface area contributed by atoms with Crippen molar-refractivity contribution in [3.8, 4) is 5.75 Å². The molecule has 0 spiro atoms. The second-order valence-corrected chi connectivity index (χ2v) is 6.83. The Morgan fingerprint density at radius 1 is 1.41 bits per heavy atom. The zero-order chi connectivity index (χ0) is 15.4. The van der Waals surface area contributed by atoms with Gasteiger partial charge in [0.2, 0.25) is 5.91 Å². The van der Waals surface area contributed by atoms with Crippen molar-refractivity contribution in [1.29, 1.82) is 0 Å². The van der Waals surface area contributed by atoms with Crippen molar-refractivity contribution in [1.82, 2.24) is 10.2 Å². The molecule has 1 unspecified atom stereocenters. The van der Waals surface area contributed by atoms with Crippen LogP contribution in [0.4, 0.5) is 0 Å². The minimum atomic E-state index is 0.00847. The van der Waals surface area contributed by atoms with E-state index in [9.17, 15) is 4.79 Å². The van der Waals surface area contributed by atoms with Crippen LogP contribution in [0.2, 0.25) is 0 Å². The Hall–Kier alpha value is -1.46. The second kappa shape index (κ2) is 7.20. The van der Waals surface area contributed by atoms with Gasteiger partial charge in [-0.15, -0.1) is 0 Å². The lowest BCUT2D eigenvalue weighted by molar-refractivity contribution is -0.118. The van der Waals surface area contributed by atoms with Gasteiger partial charge in [-0.1, -0.05) is 17.8 Å². The molecule has 0 radical (unpaired) electrons. The van der Waals surface area contributed by atoms with Crippen LogP contribution in [-0.2, 0) is 4.79 Å². The molecule has 1 N–H and O–H groups in total. The summed E-state index contributed by atoms with van der Waals surface area (Å²) in [5, 5.41) is 4.99. The van der Waals surface area contributed by atoms with Gasteiger partial charge in [0.1, 0.15) is 5.75 Å². The fraction of sp³-hybridized carbons (Fsp3) is 0.471. The summed E-state index contributed by atoms with van der Waals surface area (Å²) in [4.78, 5) is 15.6. The molecule has 3 heterocycles. The summed E-state index contributed by atoms with van der Waals surface area (Å²) < 4.78 is 5.19. The lowest BCUT2D eigenvalue weighted by Crippen LogP contribution is -2.57. The molecule has 1 amide bonds. The van der Waals surface area contributed by atoms with E-state index in [2.05, 4.69) is 10.2 Å². The number of piperidine rings is 3. The van der Waals surface area contributed by atoms with Crippen molar-refractivity contribution in [3.63, 3.8) is 0 Å². The molecular formula is C17H22N2O2S. The number of amides is 1. The molecule has 4 rings (SSSR count). The van der Waals surface area contributed by atoms with Crippen molar-refractivity contribution in [2.75, 3.05) is 26.7 Å². The molecule has 2 bridgehead atoms. The normalized spacial score (nSPS) is 27.0. The van der Waals surface area contributed by atoms with Gasteiger partial charge in [-0.25, -0.2) is 0 Å². The molecule has 1 atom stereocenters. The molecule has 0 aromatic heterocycles. The van der Waals surface area contributed by atoms with Crippen LogP contribution in [0.15, 0.2) is 40.6 Å². The number of hydrogen-bond acceptors (Lipinski definition) is 4. The van der Waals surface area contributed by atoms with E-state index in [1.807, 2.05) is 29.7 Å². The average Bonchev–Trinajstić information content (AvgIpc) is 2.56. The largest absolute Gasteiger partial charge is 0.497 e. The summed E-state index contributed by atoms with van der Waals surface area (Å²) in [6.45, 7) is 3.39. The van der Waals surface area contributed by atoms with Gasteiger partial charge in [-0.2, -0.15) is 0 Å². The Morgan fingerprint density at radius 3 is 2.91 bits per heavy atom. The zero-order valence-electron chi connectivity index (χ0n) is 12.8. The Labute approximate surface area is 135 Å². The molecule has 0 aliphatic carbocycles. The number of nitrogens with one attached hydrogen (secondary N) is 1. The second-order valence-electron chi connectivity index (χ2n) is 5.85. The van der Waals surface area contributed by atoms with Crippen LogP contribution in [0.25, 0.3) is 0 Å². The topological polar surface area (TPSA) is 41.6 Å². The fourth-order valence-corrected chi connectivity index (χ4v) is 3.90. The van der Waals surface area contributed by atoms with E-state index in [0.717, 1.165) is 17.2 Å². The number of methoxy groups -OCH3 is 1. The molecule has 3 aliphatic heterocycles. The molecule has 3 saturated heterocycles. The number of carbonyl (C=O) groups excluding carboxylic acids is 1. The van der Waals surface area contributed by atoms with Crippen LogP contribution in [0.3, 0.4) is 0 Å². The van der Waals surface area contributed by atoms with Crippen molar-refractivity contribution in [2.24, 2.45) is 5.92 Å². The maximum absolute atomic E-state index is 12.0. The summed E-state index contributed by atoms with van der Waals surface area (Å²) in [6.07, 6.45) is 4.06. The monoisotopic (exact) mass is 318 g/mol. The van der Waals surface area contributed by atoms with Gasteiger partial charge in [0.05, 0.1) is 7.11 Å². The first-order valence-electron chi connectivity index (χ1n) is 7.75. The first-order valence-corrected chi connectivity index (χ1v) is 8.62. The number of carbonyl (C=O) groups is 1. The van der Waals surface area contributed by atoms with Crippen molar-refractivity contribution in [2.45, 2.75) is 23.8 Å². The van der Waals surface area contributed by atoms with Gasteiger partial charge in [0.25, 0.3) is 0 Å². The van der Waals surface area contributed by atoms with E-state index in [4.69, 9.17) is 4.74 Å². The minimum Gasteiger partial charge on any atom is -0.497 e. The minimum absolute atomic E-state index is 0.00847. The SMILES string of the molecule is COc1cccc(S/C=C/C(=O)NC2CN3CCC2CC3)c1. The summed E-state index contributed by atoms with van der Waals surface area (Å²) in [6, 6.07) is 8.14. The summed E-state index contributed by atoms with van der Waals surface area (Å²) >= 11 is 1.52. The lowest BCUT2D eigenvalue weighted by atomic mass is 9.84. The Bertz CT molecular complexity index is 553. The van der Waals surface area contributed by atoms with Crippen LogP contribution in [0.5, 0.6) is 5.75 Å². The molecule has 22 heavy (non-hydrogen) atoms. The first-order chi connectivity index (χ1) is 10.7. The summed E-state index contributed by atoms with van der Waals surface area (Å²) in [5.74, 6) is 1.50. The number of ether oxygens (including phenoxy) is 1. The van der Waals surface area contributed by atoms with Gasteiger partial charge < -0.3 is 15.0 Å². The predicted molar refractivity (Wildman–Crippen MR) is 89.1 cm³/mol. The Balaban J connectivity index is 1.49. The molecule has 4 nitrogen and oxygen atoms in total. The van der Waals surface area contributed by atoms with Crippen LogP contribution >= 0.6 is 11.8 Å². The smallest absolute Gasteiger partial charge is 0.244 e. The summed E-state index contributed by atoms with van der Waals surface area (Å²) in [5.41, 5.74) is 0. The molecule has 0 saturated carbocycles. The van der Waals surface area contributed by atoms with Gasteiger partial charge in [-0.05, 0) is 55.5 Å². The molecule has 5 heteroatoms. The third-order valence-electron chi connectivity index (χ3n) is 4.45. The predicted octanol–water partition coefficient (Wildman–Crippen LogP) is 2.51. The van der Waals surface area contributed by atoms with Gasteiger partial charge in [-0.3, -0.25) is 4.79 Å². The molecular weight excluding hydrogens is 296 g/mol. The molecule has 1 aromatic carbocycles. The van der Waals surface area contributed by atoms with Gasteiger partial charge >= 0.3 is 0 Å². The highest BCUT2D eigenvalue weighted by atomic mass is 32.2. The van der Waals surface area contributed by atoms with E-state index < -0.39 is 0 Å². The van der Waals surface area contributed by atoms with E-state index in [1.54, 1.807) is 13.2 Å². The van der Waals surface area contributed by atoms with Crippen molar-refractivity contribution < 1.29 is 9.53 Å². The van der Waals surface area contributed by atoms with E-state index in [-0.39, 0.29) is 5.91 Å². The summed E-state index contributed by atoms with van der Waals surface area (Å²) in [7, 11) is 1.65. The number of benzene rings is 1. The number of fused-ring (bicyclic) bond motifs is 3. The van der Waals surface area contributed by atoms with E-state index in [1.165, 1.54) is 37.7 Å². The third kappa shape index (κ3) is 3.84. The Kier molecular flexibility index (Phi) is 5.05. The van der Waals surface area contributed by atoms with E-state index in [0.29, 0.717) is 12.0 Å². The standard InChI is InChI=1S/C17H22N2O2S/c1-21-14-3-2-4-15(11-14)22-10-7-17(20)18-16-12-19-8-5-13(16)6-9-19/h2-4,7,10-11,13,16H,5-6,8-9,12H2,1H3,(H,18,20)/b10-7+. The maximum atomic E-state index is 12.0. The van der Waals surface area contributed by atoms with Crippen LogP contribution < -0.4 is 10.1 Å². The van der Waals surface area contributed by atoms with Crippen LogP contribution in [0.1, 0.15) is 12.8 Å². The highest BCUT2D eigenvalue weighted by molar-refractivity contribution is 8.02. The number of nitrogens with zero attached hydrogens (tertiary/aromatic N) is 1. The quantitative estimate of drug-likeness (QED) is 0.669. The maximum Gasteiger partial charge on any atom is 0.244 e. The highest BCUT2D eigenvalue weighted by Crippen LogP contribution is 2.27. The fourth-order valence-electron chi connectivity index (χ4n) is 3.21.